The van der Waals surface area contributed by atoms with E-state index in [4.69, 9.17) is 36.9 Å². The molecule has 0 aliphatic heterocycles. The van der Waals surface area contributed by atoms with Gasteiger partial charge in [0.2, 0.25) is 5.91 Å². The molecule has 0 atom stereocenters. The Balaban J connectivity index is 0.000000289. The highest BCUT2D eigenvalue weighted by atomic mass is 33.1. The number of ketones is 2. The monoisotopic (exact) mass is 1170 g/mol. The molecule has 440 valence electrons. The molecule has 0 radical (unpaired) electrons. The van der Waals surface area contributed by atoms with Gasteiger partial charge in [-0.25, -0.2) is 9.36 Å². The fourth-order valence-electron chi connectivity index (χ4n) is 9.00. The largest absolute Gasteiger partial charge is 0.481 e. The number of carboxylic acid groups (broad SMARTS) is 2. The summed E-state index contributed by atoms with van der Waals surface area (Å²) in [6.07, 6.45) is 8.45. The molecule has 0 unspecified atom stereocenters. The number of aliphatic carboxylic acids is 2. The van der Waals surface area contributed by atoms with Gasteiger partial charge in [0.25, 0.3) is 11.8 Å². The van der Waals surface area contributed by atoms with Gasteiger partial charge >= 0.3 is 11.9 Å². The standard InChI is InChI=1S/C27H39N5O4S.C23H33N5O3.C6H10O4S2/c1-18-25-22(16-27(2,3)17-23(25)33)32(31-18)19-7-8-20(26(28)35)21(15-19)29-10-5-12-36-13-6-11-30-24(34)9-14-37-4;1-15-21-19(13-23(2,3)14-20(21)29)28(27-15)16-6-7-17(22(25)30)18(12-16)26-9-5-11-31-10-4-8-24;7-5(8)1-3-11-12-4-2-6(9)10/h7-8,15,29H,5-6,9-14,16-17H2,1-4H3,(H2,28,35)(H,30,34);6-7,12,26H,4-5,8-11,13-14,24H2,1-3H3,(H2,25,30);1-4H2,(H,7,8)(H,9,10). The van der Waals surface area contributed by atoms with Crippen molar-refractivity contribution >= 4 is 86.0 Å². The Morgan fingerprint density at radius 2 is 1.04 bits per heavy atom. The van der Waals surface area contributed by atoms with Crippen molar-refractivity contribution in [1.29, 1.82) is 0 Å². The second-order valence-corrected chi connectivity index (χ2v) is 24.7. The van der Waals surface area contributed by atoms with Crippen LogP contribution in [0.25, 0.3) is 11.4 Å². The smallest absolute Gasteiger partial charge is 0.304 e. The Labute approximate surface area is 481 Å². The fourth-order valence-corrected chi connectivity index (χ4v) is 11.4. The normalized spacial score (nSPS) is 13.9. The van der Waals surface area contributed by atoms with Crippen LogP contribution in [0.15, 0.2) is 36.4 Å². The minimum atomic E-state index is -0.818. The van der Waals surface area contributed by atoms with Crippen molar-refractivity contribution in [1.82, 2.24) is 24.9 Å². The summed E-state index contributed by atoms with van der Waals surface area (Å²) in [5.74, 6) is -0.425. The van der Waals surface area contributed by atoms with Crippen molar-refractivity contribution in [3.63, 3.8) is 0 Å². The number of Topliss-reactive ketones (excluding diaryl/α,β-unsaturated/α-hetero) is 2. The third-order valence-corrected chi connectivity index (χ3v) is 15.7. The Bertz CT molecular complexity index is 2740. The number of rotatable bonds is 31. The number of carbonyl (C=O) groups excluding carboxylic acids is 5. The van der Waals surface area contributed by atoms with Gasteiger partial charge in [-0.3, -0.25) is 33.6 Å². The van der Waals surface area contributed by atoms with Crippen LogP contribution in [0.2, 0.25) is 0 Å². The van der Waals surface area contributed by atoms with E-state index in [2.05, 4.69) is 53.8 Å². The Kier molecular flexibility index (Phi) is 27.6. The minimum Gasteiger partial charge on any atom is -0.481 e. The summed E-state index contributed by atoms with van der Waals surface area (Å²) < 4.78 is 14.8. The molecule has 2 aliphatic carbocycles. The maximum atomic E-state index is 12.8. The summed E-state index contributed by atoms with van der Waals surface area (Å²) in [5, 5.41) is 35.3. The number of amides is 3. The predicted octanol–water partition coefficient (Wildman–Crippen LogP) is 7.43. The van der Waals surface area contributed by atoms with Gasteiger partial charge in [-0.15, -0.1) is 0 Å². The number of fused-ring (bicyclic) bond motifs is 2. The first-order chi connectivity index (χ1) is 38.0. The Hall–Kier alpha value is -5.92. The number of anilines is 2. The highest BCUT2D eigenvalue weighted by molar-refractivity contribution is 8.76. The number of thioether (sulfide) groups is 1. The number of nitrogens with two attached hydrogens (primary N) is 3. The lowest BCUT2D eigenvalue weighted by molar-refractivity contribution is -0.137. The lowest BCUT2D eigenvalue weighted by Crippen LogP contribution is -2.28. The van der Waals surface area contributed by atoms with Crippen molar-refractivity contribution in [2.24, 2.45) is 28.0 Å². The van der Waals surface area contributed by atoms with E-state index < -0.39 is 23.8 Å². The number of hydrogen-bond acceptors (Lipinski definition) is 17. The van der Waals surface area contributed by atoms with Gasteiger partial charge in [-0.1, -0.05) is 49.3 Å². The summed E-state index contributed by atoms with van der Waals surface area (Å²) in [7, 11) is 2.79. The van der Waals surface area contributed by atoms with Gasteiger partial charge in [0.05, 0.1) is 69.2 Å². The highest BCUT2D eigenvalue weighted by Gasteiger charge is 2.37. The highest BCUT2D eigenvalue weighted by Crippen LogP contribution is 2.39. The first-order valence-electron chi connectivity index (χ1n) is 26.9. The van der Waals surface area contributed by atoms with Gasteiger partial charge in [-0.05, 0) is 112 Å². The molecule has 21 nitrogen and oxygen atoms in total. The summed E-state index contributed by atoms with van der Waals surface area (Å²) in [6.45, 7) is 17.0. The zero-order valence-electron chi connectivity index (χ0n) is 47.3. The summed E-state index contributed by atoms with van der Waals surface area (Å²) in [5.41, 5.74) is 24.8. The van der Waals surface area contributed by atoms with E-state index in [1.165, 1.54) is 21.6 Å². The van der Waals surface area contributed by atoms with Crippen LogP contribution in [0.3, 0.4) is 0 Å². The molecule has 0 saturated carbocycles. The van der Waals surface area contributed by atoms with E-state index in [0.29, 0.717) is 111 Å². The summed E-state index contributed by atoms with van der Waals surface area (Å²) in [4.78, 5) is 81.1. The van der Waals surface area contributed by atoms with Crippen LogP contribution in [0.5, 0.6) is 0 Å². The Morgan fingerprint density at radius 3 is 1.43 bits per heavy atom. The van der Waals surface area contributed by atoms with Crippen LogP contribution in [0, 0.1) is 24.7 Å². The van der Waals surface area contributed by atoms with Gasteiger partial charge < -0.3 is 52.8 Å². The number of ether oxygens (including phenoxy) is 2. The van der Waals surface area contributed by atoms with E-state index in [9.17, 15) is 33.6 Å². The van der Waals surface area contributed by atoms with E-state index in [1.54, 1.807) is 23.9 Å². The average Bonchev–Trinajstić information content (AvgIpc) is 4.01. The number of nitrogens with zero attached hydrogens (tertiary/aromatic N) is 4. The number of nitrogens with one attached hydrogen (secondary N) is 3. The maximum Gasteiger partial charge on any atom is 0.304 e. The van der Waals surface area contributed by atoms with Gasteiger partial charge in [0.1, 0.15) is 0 Å². The molecule has 11 N–H and O–H groups in total. The average molecular weight is 1170 g/mol. The van der Waals surface area contributed by atoms with Crippen LogP contribution < -0.4 is 33.2 Å². The number of primary amides is 2. The number of hydrogen-bond donors (Lipinski definition) is 8. The molecule has 2 aliphatic rings. The van der Waals surface area contributed by atoms with Crippen molar-refractivity contribution < 1.29 is 53.2 Å². The van der Waals surface area contributed by atoms with Crippen LogP contribution in [0.4, 0.5) is 11.4 Å². The van der Waals surface area contributed by atoms with E-state index >= 15 is 0 Å². The molecule has 0 saturated heterocycles. The van der Waals surface area contributed by atoms with Gasteiger partial charge in [-0.2, -0.15) is 22.0 Å². The van der Waals surface area contributed by atoms with E-state index in [1.807, 2.05) is 53.7 Å². The molecule has 0 bridgehead atoms. The van der Waals surface area contributed by atoms with Crippen LogP contribution in [-0.2, 0) is 36.7 Å². The second kappa shape index (κ2) is 33.1. The molecule has 24 heteroatoms. The molecule has 80 heavy (non-hydrogen) atoms. The molecular formula is C56H82N10O11S3. The van der Waals surface area contributed by atoms with E-state index in [-0.39, 0.29) is 41.1 Å². The van der Waals surface area contributed by atoms with Crippen molar-refractivity contribution in [3.8, 4) is 11.4 Å². The number of carbonyl (C=O) groups is 7. The van der Waals surface area contributed by atoms with Crippen molar-refractivity contribution in [2.75, 3.05) is 86.8 Å². The molecule has 0 spiro atoms. The number of carboxylic acids is 2. The third kappa shape index (κ3) is 21.5. The number of aryl methyl sites for hydroxylation is 2. The lowest BCUT2D eigenvalue weighted by Gasteiger charge is -2.29. The molecule has 6 rings (SSSR count). The zero-order chi connectivity index (χ0) is 59.0. The zero-order valence-corrected chi connectivity index (χ0v) is 49.8. The lowest BCUT2D eigenvalue weighted by atomic mass is 9.75. The maximum absolute atomic E-state index is 12.8. The number of aromatic nitrogens is 4. The quantitative estimate of drug-likeness (QED) is 0.0179. The molecule has 2 aromatic carbocycles. The molecule has 4 aromatic rings. The molecular weight excluding hydrogens is 1080 g/mol. The first kappa shape index (κ1) is 66.6. The van der Waals surface area contributed by atoms with Gasteiger partial charge in [0, 0.05) is 94.0 Å². The second-order valence-electron chi connectivity index (χ2n) is 21.0. The fraction of sp³-hybridized carbons (Fsp3) is 0.554. The predicted molar refractivity (Wildman–Crippen MR) is 318 cm³/mol. The Morgan fingerprint density at radius 1 is 0.625 bits per heavy atom. The number of benzene rings is 2. The topological polar surface area (TPSA) is 328 Å². The van der Waals surface area contributed by atoms with Crippen molar-refractivity contribution in [2.45, 2.75) is 112 Å². The van der Waals surface area contributed by atoms with Crippen molar-refractivity contribution in [3.05, 3.63) is 81.4 Å². The SMILES string of the molecule is CSCCC(=O)NCCCOCCCNc1cc(-n2nc(C)c3c2CC(C)(C)CC3=O)ccc1C(N)=O.Cc1nn(-c2ccc(C(N)=O)c(NCCCOCCCN)c2)c2c1C(=O)CC(C)(C)C2.O=C(O)CCSSCCC(=O)O. The summed E-state index contributed by atoms with van der Waals surface area (Å²) >= 11 is 1.66. The minimum absolute atomic E-state index is 0.0760. The van der Waals surface area contributed by atoms with Crippen LogP contribution in [-0.4, -0.2) is 147 Å². The molecule has 3 amide bonds. The van der Waals surface area contributed by atoms with Crippen LogP contribution in [0.1, 0.15) is 150 Å². The summed E-state index contributed by atoms with van der Waals surface area (Å²) in [6, 6.07) is 10.8. The molecule has 2 aromatic heterocycles. The van der Waals surface area contributed by atoms with Crippen LogP contribution >= 0.6 is 33.3 Å². The van der Waals surface area contributed by atoms with Gasteiger partial charge in [0.15, 0.2) is 11.6 Å². The third-order valence-electron chi connectivity index (χ3n) is 12.7. The molecule has 0 fully saturated rings. The first-order valence-corrected chi connectivity index (χ1v) is 30.8. The molecule has 2 heterocycles. The van der Waals surface area contributed by atoms with E-state index in [0.717, 1.165) is 84.0 Å².